The topological polar surface area (TPSA) is 80.4 Å². The van der Waals surface area contributed by atoms with Crippen LogP contribution in [0.15, 0.2) is 42.5 Å². The van der Waals surface area contributed by atoms with Crippen molar-refractivity contribution in [2.45, 2.75) is 64.7 Å². The zero-order chi connectivity index (χ0) is 27.3. The van der Waals surface area contributed by atoms with Crippen LogP contribution in [-0.4, -0.2) is 23.2 Å². The number of nitrogens with two attached hydrogens (primary N) is 1. The predicted molar refractivity (Wildman–Crippen MR) is 123 cm³/mol. The quantitative estimate of drug-likeness (QED) is 0.410. The third-order valence-corrected chi connectivity index (χ3v) is 6.42. The van der Waals surface area contributed by atoms with Crippen LogP contribution in [0.5, 0.6) is 0 Å². The van der Waals surface area contributed by atoms with Gasteiger partial charge in [-0.2, -0.15) is 26.3 Å². The van der Waals surface area contributed by atoms with E-state index in [0.29, 0.717) is 34.4 Å². The Morgan fingerprint density at radius 3 is 2.03 bits per heavy atom. The van der Waals surface area contributed by atoms with Crippen molar-refractivity contribution in [1.82, 2.24) is 0 Å². The molecule has 36 heavy (non-hydrogen) atoms. The fourth-order valence-electron chi connectivity index (χ4n) is 4.20. The summed E-state index contributed by atoms with van der Waals surface area (Å²) >= 11 is 0. The molecule has 0 aliphatic heterocycles. The average molecular weight is 518 g/mol. The van der Waals surface area contributed by atoms with Crippen LogP contribution < -0.4 is 5.73 Å². The van der Waals surface area contributed by atoms with Crippen LogP contribution in [0.2, 0.25) is 0 Å². The summed E-state index contributed by atoms with van der Waals surface area (Å²) in [7, 11) is 0. The number of alkyl halides is 6. The molecule has 0 bridgehead atoms. The number of primary amides is 1. The Morgan fingerprint density at radius 1 is 0.972 bits per heavy atom. The molecule has 1 saturated carbocycles. The highest BCUT2D eigenvalue weighted by Crippen LogP contribution is 2.41. The second-order valence-corrected chi connectivity index (χ2v) is 9.76. The van der Waals surface area contributed by atoms with E-state index in [4.69, 9.17) is 15.6 Å². The van der Waals surface area contributed by atoms with Crippen molar-refractivity contribution >= 4 is 11.9 Å². The number of hydrogen-bond donors (Lipinski definition) is 2. The number of aryl methyl sites for hydroxylation is 1. The summed E-state index contributed by atoms with van der Waals surface area (Å²) < 4.78 is 73.0. The van der Waals surface area contributed by atoms with Gasteiger partial charge in [-0.1, -0.05) is 38.1 Å². The van der Waals surface area contributed by atoms with Crippen molar-refractivity contribution in [2.75, 3.05) is 0 Å². The van der Waals surface area contributed by atoms with Gasteiger partial charge in [-0.05, 0) is 84.7 Å². The molecule has 198 valence electrons. The van der Waals surface area contributed by atoms with E-state index in [2.05, 4.69) is 13.8 Å². The summed E-state index contributed by atoms with van der Waals surface area (Å²) in [6.07, 6.45) is -3.82. The smallest absolute Gasteiger partial charge is 0.475 e. The normalized spacial score (nSPS) is 16.1. The van der Waals surface area contributed by atoms with E-state index in [1.165, 1.54) is 12.1 Å². The Balaban J connectivity index is 0.000000572. The monoisotopic (exact) mass is 517 g/mol. The maximum Gasteiger partial charge on any atom is 0.490 e. The van der Waals surface area contributed by atoms with Crippen LogP contribution >= 0.6 is 0 Å². The average Bonchev–Trinajstić information content (AvgIpc) is 2.77. The SMILES string of the molecule is CC1(C)CCC(CCc2ccc(-c3cccc(C(N)=O)c3)cc2C(F)(F)F)CC1.O=C(O)C(F)(F)F. The molecular weight excluding hydrogens is 488 g/mol. The molecule has 10 heteroatoms. The highest BCUT2D eigenvalue weighted by Gasteiger charge is 2.38. The van der Waals surface area contributed by atoms with Crippen LogP contribution in [-0.2, 0) is 17.4 Å². The molecule has 1 aliphatic carbocycles. The van der Waals surface area contributed by atoms with E-state index >= 15 is 0 Å². The molecule has 1 aliphatic rings. The molecule has 0 heterocycles. The second kappa shape index (κ2) is 11.3. The number of carbonyl (C=O) groups is 2. The van der Waals surface area contributed by atoms with Crippen molar-refractivity contribution in [3.05, 3.63) is 59.2 Å². The van der Waals surface area contributed by atoms with Crippen LogP contribution in [0.4, 0.5) is 26.3 Å². The van der Waals surface area contributed by atoms with E-state index in [1.807, 2.05) is 0 Å². The first-order valence-electron chi connectivity index (χ1n) is 11.4. The molecule has 2 aromatic carbocycles. The molecule has 2 aromatic rings. The van der Waals surface area contributed by atoms with Gasteiger partial charge in [-0.15, -0.1) is 0 Å². The summed E-state index contributed by atoms with van der Waals surface area (Å²) in [4.78, 5) is 20.3. The Labute approximate surface area is 205 Å². The molecule has 4 nitrogen and oxygen atoms in total. The minimum atomic E-state index is -5.08. The van der Waals surface area contributed by atoms with Crippen molar-refractivity contribution in [3.63, 3.8) is 0 Å². The van der Waals surface area contributed by atoms with Crippen molar-refractivity contribution in [3.8, 4) is 11.1 Å². The van der Waals surface area contributed by atoms with Gasteiger partial charge in [0.15, 0.2) is 0 Å². The van der Waals surface area contributed by atoms with Gasteiger partial charge in [-0.25, -0.2) is 4.79 Å². The number of rotatable bonds is 5. The Morgan fingerprint density at radius 2 is 1.53 bits per heavy atom. The molecule has 1 amide bonds. The lowest BCUT2D eigenvalue weighted by molar-refractivity contribution is -0.192. The van der Waals surface area contributed by atoms with E-state index in [-0.39, 0.29) is 5.56 Å². The highest BCUT2D eigenvalue weighted by atomic mass is 19.4. The molecule has 0 radical (unpaired) electrons. The van der Waals surface area contributed by atoms with Gasteiger partial charge in [-0.3, -0.25) is 4.79 Å². The van der Waals surface area contributed by atoms with E-state index in [1.54, 1.807) is 30.3 Å². The first kappa shape index (κ1) is 29.2. The molecule has 0 aromatic heterocycles. The first-order valence-corrected chi connectivity index (χ1v) is 11.4. The van der Waals surface area contributed by atoms with Gasteiger partial charge in [0.25, 0.3) is 0 Å². The molecular formula is C26H29F6NO3. The number of hydrogen-bond acceptors (Lipinski definition) is 2. The molecule has 3 rings (SSSR count). The minimum Gasteiger partial charge on any atom is -0.475 e. The summed E-state index contributed by atoms with van der Waals surface area (Å²) in [5.74, 6) is -2.86. The van der Waals surface area contributed by atoms with Crippen LogP contribution in [0, 0.1) is 11.3 Å². The summed E-state index contributed by atoms with van der Waals surface area (Å²) in [5, 5.41) is 7.12. The van der Waals surface area contributed by atoms with Gasteiger partial charge in [0, 0.05) is 5.56 Å². The first-order chi connectivity index (χ1) is 16.5. The van der Waals surface area contributed by atoms with Crippen molar-refractivity contribution < 1.29 is 41.0 Å². The van der Waals surface area contributed by atoms with Gasteiger partial charge in [0.1, 0.15) is 0 Å². The van der Waals surface area contributed by atoms with Crippen molar-refractivity contribution in [2.24, 2.45) is 17.1 Å². The summed E-state index contributed by atoms with van der Waals surface area (Å²) in [6, 6.07) is 10.9. The number of amides is 1. The van der Waals surface area contributed by atoms with Gasteiger partial charge in [0.05, 0.1) is 5.56 Å². The zero-order valence-corrected chi connectivity index (χ0v) is 20.0. The maximum atomic E-state index is 13.7. The standard InChI is InChI=1S/C24H28F3NO.C2HF3O2/c1-23(2)12-10-16(11-13-23)6-7-17-8-9-19(15-21(17)24(25,26)27)18-4-3-5-20(14-18)22(28)29;3-2(4,5)1(6)7/h3-5,8-9,14-16H,6-7,10-13H2,1-2H3,(H2,28,29);(H,6,7). The number of halogens is 6. The second-order valence-electron chi connectivity index (χ2n) is 9.76. The number of carbonyl (C=O) groups excluding carboxylic acids is 1. The molecule has 0 unspecified atom stereocenters. The minimum absolute atomic E-state index is 0.278. The number of benzene rings is 2. The lowest BCUT2D eigenvalue weighted by atomic mass is 9.72. The van der Waals surface area contributed by atoms with Gasteiger partial charge in [0.2, 0.25) is 5.91 Å². The van der Waals surface area contributed by atoms with Gasteiger partial charge >= 0.3 is 18.3 Å². The van der Waals surface area contributed by atoms with Crippen LogP contribution in [0.25, 0.3) is 11.1 Å². The lowest BCUT2D eigenvalue weighted by Crippen LogP contribution is -2.21. The summed E-state index contributed by atoms with van der Waals surface area (Å²) in [5.41, 5.74) is 6.67. The maximum absolute atomic E-state index is 13.7. The third-order valence-electron chi connectivity index (χ3n) is 6.42. The van der Waals surface area contributed by atoms with E-state index < -0.39 is 29.8 Å². The third kappa shape index (κ3) is 8.57. The number of carboxylic acid groups (broad SMARTS) is 1. The number of aliphatic carboxylic acids is 1. The lowest BCUT2D eigenvalue weighted by Gasteiger charge is -2.34. The fourth-order valence-corrected chi connectivity index (χ4v) is 4.20. The Bertz CT molecular complexity index is 1070. The van der Waals surface area contributed by atoms with Crippen molar-refractivity contribution in [1.29, 1.82) is 0 Å². The molecule has 1 fully saturated rings. The fraction of sp³-hybridized carbons (Fsp3) is 0.462. The van der Waals surface area contributed by atoms with Crippen LogP contribution in [0.3, 0.4) is 0 Å². The highest BCUT2D eigenvalue weighted by molar-refractivity contribution is 5.94. The van der Waals surface area contributed by atoms with E-state index in [0.717, 1.165) is 32.1 Å². The Hall–Kier alpha value is -3.04. The Kier molecular flexibility index (Phi) is 9.20. The molecule has 0 atom stereocenters. The van der Waals surface area contributed by atoms with Gasteiger partial charge < -0.3 is 10.8 Å². The van der Waals surface area contributed by atoms with Crippen LogP contribution in [0.1, 0.15) is 67.4 Å². The molecule has 0 saturated heterocycles. The van der Waals surface area contributed by atoms with E-state index in [9.17, 15) is 31.1 Å². The largest absolute Gasteiger partial charge is 0.490 e. The summed E-state index contributed by atoms with van der Waals surface area (Å²) in [6.45, 7) is 4.52. The number of carboxylic acids is 1. The molecule has 3 N–H and O–H groups in total. The molecule has 0 spiro atoms. The predicted octanol–water partition coefficient (Wildman–Crippen LogP) is 7.25. The zero-order valence-electron chi connectivity index (χ0n) is 20.0.